The van der Waals surface area contributed by atoms with Gasteiger partial charge in [0.15, 0.2) is 5.17 Å². The van der Waals surface area contributed by atoms with Crippen molar-refractivity contribution in [2.45, 2.75) is 45.2 Å². The van der Waals surface area contributed by atoms with Gasteiger partial charge in [-0.05, 0) is 37.5 Å². The molecule has 1 aromatic heterocycles. The van der Waals surface area contributed by atoms with Crippen LogP contribution in [0.5, 0.6) is 0 Å². The fraction of sp³-hybridized carbons (Fsp3) is 0.464. The van der Waals surface area contributed by atoms with Crippen LogP contribution in [0.15, 0.2) is 65.5 Å². The van der Waals surface area contributed by atoms with E-state index in [1.807, 2.05) is 63.1 Å². The highest BCUT2D eigenvalue weighted by Gasteiger charge is 2.30. The van der Waals surface area contributed by atoms with Crippen molar-refractivity contribution in [2.24, 2.45) is 10.9 Å². The Balaban J connectivity index is 1.31. The van der Waals surface area contributed by atoms with Crippen molar-refractivity contribution in [3.63, 3.8) is 0 Å². The predicted octanol–water partition coefficient (Wildman–Crippen LogP) is 3.75. The van der Waals surface area contributed by atoms with Gasteiger partial charge in [-0.15, -0.1) is 0 Å². The molecule has 2 N–H and O–H groups in total. The maximum atomic E-state index is 12.4. The molecule has 0 saturated heterocycles. The number of carbonyl (C=O) groups is 3. The highest BCUT2D eigenvalue weighted by atomic mass is 32.2. The first-order valence-electron chi connectivity index (χ1n) is 12.9. The molecule has 1 aliphatic carbocycles. The summed E-state index contributed by atoms with van der Waals surface area (Å²) in [4.78, 5) is 47.7. The number of allylic oxidation sites excluding steroid dienone is 2. The average Bonchev–Trinajstić information content (AvgIpc) is 2.91. The number of ether oxygens (including phenoxy) is 2. The molecule has 0 spiro atoms. The Kier molecular flexibility index (Phi) is 11.2. The van der Waals surface area contributed by atoms with Crippen LogP contribution in [0.25, 0.3) is 0 Å². The number of amides is 2. The van der Waals surface area contributed by atoms with E-state index in [0.717, 1.165) is 5.69 Å². The Bertz CT molecular complexity index is 1130. The number of pyridine rings is 1. The van der Waals surface area contributed by atoms with Gasteiger partial charge in [0, 0.05) is 38.0 Å². The van der Waals surface area contributed by atoms with Crippen LogP contribution in [-0.2, 0) is 19.1 Å². The molecular formula is C28H37N5O5S. The maximum absolute atomic E-state index is 12.4. The summed E-state index contributed by atoms with van der Waals surface area (Å²) in [6, 6.07) is 5.34. The van der Waals surface area contributed by atoms with E-state index in [1.165, 1.54) is 11.8 Å². The second-order valence-electron chi connectivity index (χ2n) is 9.94. The molecule has 3 rings (SSSR count). The van der Waals surface area contributed by atoms with Crippen molar-refractivity contribution < 1.29 is 23.9 Å². The number of rotatable bonds is 11. The number of esters is 2. The smallest absolute Gasteiger partial charge is 0.334 e. The normalized spacial score (nSPS) is 20.2. The SMILES string of the molecule is CC(C)COC(=O)C1=CC=CC(C)(NC(=O)NCCCOC(=O)CSC2=NC=CC(c3ccccn3)N2C)C1. The van der Waals surface area contributed by atoms with Crippen molar-refractivity contribution >= 4 is 34.9 Å². The van der Waals surface area contributed by atoms with Gasteiger partial charge in [0.2, 0.25) is 0 Å². The van der Waals surface area contributed by atoms with Crippen molar-refractivity contribution in [1.29, 1.82) is 0 Å². The van der Waals surface area contributed by atoms with Crippen molar-refractivity contribution in [3.05, 3.63) is 66.2 Å². The van der Waals surface area contributed by atoms with Gasteiger partial charge in [0.1, 0.15) is 0 Å². The lowest BCUT2D eigenvalue weighted by Gasteiger charge is -2.30. The number of thioether (sulfide) groups is 1. The molecule has 0 fully saturated rings. The van der Waals surface area contributed by atoms with Crippen LogP contribution in [0.1, 0.15) is 45.3 Å². The van der Waals surface area contributed by atoms with Crippen LogP contribution in [0.2, 0.25) is 0 Å². The Labute approximate surface area is 234 Å². The van der Waals surface area contributed by atoms with Crippen LogP contribution in [0, 0.1) is 5.92 Å². The zero-order chi connectivity index (χ0) is 28.3. The quantitative estimate of drug-likeness (QED) is 0.313. The first kappa shape index (κ1) is 29.9. The molecule has 39 heavy (non-hydrogen) atoms. The van der Waals surface area contributed by atoms with Gasteiger partial charge in [0.05, 0.1) is 36.2 Å². The third-order valence-electron chi connectivity index (χ3n) is 5.88. The van der Waals surface area contributed by atoms with E-state index >= 15 is 0 Å². The van der Waals surface area contributed by atoms with E-state index in [1.54, 1.807) is 24.5 Å². The highest BCUT2D eigenvalue weighted by Crippen LogP contribution is 2.26. The van der Waals surface area contributed by atoms with Gasteiger partial charge in [0.25, 0.3) is 0 Å². The lowest BCUT2D eigenvalue weighted by Crippen LogP contribution is -2.50. The number of likely N-dealkylation sites (N-methyl/N-ethyl adjacent to an activating group) is 1. The molecule has 0 bridgehead atoms. The second kappa shape index (κ2) is 14.5. The molecular weight excluding hydrogens is 518 g/mol. The zero-order valence-electron chi connectivity index (χ0n) is 22.9. The molecule has 2 amide bonds. The van der Waals surface area contributed by atoms with Crippen LogP contribution in [0.4, 0.5) is 4.79 Å². The monoisotopic (exact) mass is 555 g/mol. The molecule has 2 heterocycles. The van der Waals surface area contributed by atoms with Gasteiger partial charge in [-0.1, -0.05) is 49.9 Å². The van der Waals surface area contributed by atoms with E-state index in [4.69, 9.17) is 9.47 Å². The number of hydrogen-bond donors (Lipinski definition) is 2. The van der Waals surface area contributed by atoms with E-state index in [2.05, 4.69) is 20.6 Å². The van der Waals surface area contributed by atoms with E-state index in [0.29, 0.717) is 36.7 Å². The summed E-state index contributed by atoms with van der Waals surface area (Å²) in [7, 11) is 1.91. The minimum atomic E-state index is -0.714. The molecule has 1 aliphatic heterocycles. The summed E-state index contributed by atoms with van der Waals surface area (Å²) in [6.45, 7) is 6.65. The van der Waals surface area contributed by atoms with E-state index in [-0.39, 0.29) is 42.3 Å². The lowest BCUT2D eigenvalue weighted by atomic mass is 9.88. The zero-order valence-corrected chi connectivity index (χ0v) is 23.7. The number of carbonyl (C=O) groups excluding carboxylic acids is 3. The summed E-state index contributed by atoms with van der Waals surface area (Å²) < 4.78 is 10.6. The fourth-order valence-corrected chi connectivity index (χ4v) is 4.68. The number of nitrogens with zero attached hydrogens (tertiary/aromatic N) is 3. The summed E-state index contributed by atoms with van der Waals surface area (Å²) in [6.07, 6.45) is 11.5. The van der Waals surface area contributed by atoms with Crippen molar-refractivity contribution in [3.8, 4) is 0 Å². The molecule has 11 heteroatoms. The molecule has 0 aromatic carbocycles. The number of aliphatic imine (C=N–C) groups is 1. The number of urea groups is 1. The number of amidine groups is 1. The van der Waals surface area contributed by atoms with Gasteiger partial charge >= 0.3 is 18.0 Å². The first-order valence-corrected chi connectivity index (χ1v) is 13.9. The summed E-state index contributed by atoms with van der Waals surface area (Å²) >= 11 is 1.30. The third kappa shape index (κ3) is 9.58. The average molecular weight is 556 g/mol. The van der Waals surface area contributed by atoms with E-state index < -0.39 is 5.54 Å². The summed E-state index contributed by atoms with van der Waals surface area (Å²) in [5.74, 6) is -0.348. The molecule has 210 valence electrons. The second-order valence-corrected chi connectivity index (χ2v) is 10.9. The van der Waals surface area contributed by atoms with Crippen molar-refractivity contribution in [1.82, 2.24) is 20.5 Å². The third-order valence-corrected chi connectivity index (χ3v) is 6.91. The molecule has 10 nitrogen and oxygen atoms in total. The molecule has 0 radical (unpaired) electrons. The molecule has 2 aliphatic rings. The molecule has 0 saturated carbocycles. The minimum Gasteiger partial charge on any atom is -0.465 e. The Morgan fingerprint density at radius 2 is 2.08 bits per heavy atom. The van der Waals surface area contributed by atoms with Gasteiger partial charge in [-0.3, -0.25) is 9.78 Å². The van der Waals surface area contributed by atoms with Crippen LogP contribution < -0.4 is 10.6 Å². The summed E-state index contributed by atoms with van der Waals surface area (Å²) in [5, 5.41) is 6.37. The standard InChI is InChI=1S/C28H37N5O5S/c1-20(2)18-38-25(35)21-9-7-12-28(3,17-21)32-26(36)30-14-8-16-37-24(34)19-39-27-31-15-11-23(33(27)4)22-10-5-6-13-29-22/h5-7,9-13,15,20,23H,8,14,16-19H2,1-4H3,(H2,30,32,36). The molecule has 2 atom stereocenters. The Hall–Kier alpha value is -3.60. The van der Waals surface area contributed by atoms with Crippen molar-refractivity contribution in [2.75, 3.05) is 32.6 Å². The van der Waals surface area contributed by atoms with Crippen LogP contribution in [-0.4, -0.2) is 71.1 Å². The van der Waals surface area contributed by atoms with Crippen LogP contribution >= 0.6 is 11.8 Å². The van der Waals surface area contributed by atoms with E-state index in [9.17, 15) is 14.4 Å². The molecule has 2 unspecified atom stereocenters. The maximum Gasteiger partial charge on any atom is 0.334 e. The topological polar surface area (TPSA) is 122 Å². The Morgan fingerprint density at radius 1 is 1.26 bits per heavy atom. The number of hydrogen-bond acceptors (Lipinski definition) is 9. The van der Waals surface area contributed by atoms with Gasteiger partial charge in [-0.25, -0.2) is 14.6 Å². The fourth-order valence-electron chi connectivity index (χ4n) is 3.89. The van der Waals surface area contributed by atoms with Gasteiger partial charge < -0.3 is 25.0 Å². The van der Waals surface area contributed by atoms with Gasteiger partial charge in [-0.2, -0.15) is 0 Å². The molecule has 1 aromatic rings. The number of aromatic nitrogens is 1. The minimum absolute atomic E-state index is 0.0490. The Morgan fingerprint density at radius 3 is 2.82 bits per heavy atom. The lowest BCUT2D eigenvalue weighted by molar-refractivity contribution is -0.141. The highest BCUT2D eigenvalue weighted by molar-refractivity contribution is 8.14. The number of nitrogens with one attached hydrogen (secondary N) is 2. The van der Waals surface area contributed by atoms with Crippen LogP contribution in [0.3, 0.4) is 0 Å². The first-order chi connectivity index (χ1) is 18.7. The predicted molar refractivity (Wildman–Crippen MR) is 152 cm³/mol. The summed E-state index contributed by atoms with van der Waals surface area (Å²) in [5.41, 5.74) is 0.700. The largest absolute Gasteiger partial charge is 0.465 e.